The van der Waals surface area contributed by atoms with Gasteiger partial charge in [0.15, 0.2) is 0 Å². The number of nitrogens with zero attached hydrogens (tertiary/aromatic N) is 3. The second kappa shape index (κ2) is 8.44. The monoisotopic (exact) mass is 396 g/mol. The molecule has 2 heterocycles. The van der Waals surface area contributed by atoms with Crippen LogP contribution in [0.4, 0.5) is 6.01 Å². The maximum absolute atomic E-state index is 12.5. The van der Waals surface area contributed by atoms with E-state index in [4.69, 9.17) is 16.0 Å². The Balaban J connectivity index is 1.30. The maximum Gasteiger partial charge on any atom is 0.318 e. The zero-order valence-electron chi connectivity index (χ0n) is 15.3. The van der Waals surface area contributed by atoms with Gasteiger partial charge in [0.1, 0.15) is 0 Å². The van der Waals surface area contributed by atoms with Crippen LogP contribution in [0.15, 0.2) is 59.0 Å². The lowest BCUT2D eigenvalue weighted by Crippen LogP contribution is -2.40. The van der Waals surface area contributed by atoms with Gasteiger partial charge >= 0.3 is 6.01 Å². The lowest BCUT2D eigenvalue weighted by atomic mass is 9.96. The number of halogens is 1. The number of carbonyl (C=O) groups is 1. The van der Waals surface area contributed by atoms with Gasteiger partial charge in [0.2, 0.25) is 11.8 Å². The molecule has 0 bridgehead atoms. The van der Waals surface area contributed by atoms with Gasteiger partial charge in [-0.25, -0.2) is 0 Å². The number of anilines is 1. The second-order valence-electron chi connectivity index (χ2n) is 6.86. The van der Waals surface area contributed by atoms with Crippen molar-refractivity contribution in [3.8, 4) is 11.5 Å². The molecule has 0 spiro atoms. The molecule has 1 amide bonds. The number of hydrogen-bond donors (Lipinski definition) is 1. The first-order valence-electron chi connectivity index (χ1n) is 9.35. The van der Waals surface area contributed by atoms with Crippen molar-refractivity contribution in [2.24, 2.45) is 5.92 Å². The van der Waals surface area contributed by atoms with E-state index in [1.54, 1.807) is 0 Å². The summed E-state index contributed by atoms with van der Waals surface area (Å²) in [6.07, 6.45) is 1.51. The number of piperidine rings is 1. The third-order valence-electron chi connectivity index (χ3n) is 4.93. The molecule has 144 valence electrons. The molecule has 4 rings (SSSR count). The molecule has 28 heavy (non-hydrogen) atoms. The highest BCUT2D eigenvalue weighted by Crippen LogP contribution is 2.26. The molecule has 3 aromatic rings. The number of nitrogens with one attached hydrogen (secondary N) is 1. The Hall–Kier alpha value is -2.86. The molecule has 7 heteroatoms. The van der Waals surface area contributed by atoms with Crippen molar-refractivity contribution < 1.29 is 9.21 Å². The molecule has 0 aliphatic carbocycles. The summed E-state index contributed by atoms with van der Waals surface area (Å²) in [6, 6.07) is 17.7. The molecule has 2 aromatic carbocycles. The van der Waals surface area contributed by atoms with Gasteiger partial charge < -0.3 is 14.6 Å². The van der Waals surface area contributed by atoms with E-state index in [9.17, 15) is 4.79 Å². The SMILES string of the molecule is O=C(NCc1cccc(Cl)c1)C1CCN(c2nnc(-c3ccccc3)o2)CC1. The molecular weight excluding hydrogens is 376 g/mol. The molecular formula is C21H21ClN4O2. The summed E-state index contributed by atoms with van der Waals surface area (Å²) in [7, 11) is 0. The fraction of sp³-hybridized carbons (Fsp3) is 0.286. The van der Waals surface area contributed by atoms with E-state index in [0.29, 0.717) is 36.6 Å². The Kier molecular flexibility index (Phi) is 5.58. The highest BCUT2D eigenvalue weighted by atomic mass is 35.5. The normalized spacial score (nSPS) is 14.8. The van der Waals surface area contributed by atoms with Crippen molar-refractivity contribution >= 4 is 23.5 Å². The van der Waals surface area contributed by atoms with Crippen molar-refractivity contribution in [1.82, 2.24) is 15.5 Å². The zero-order valence-corrected chi connectivity index (χ0v) is 16.1. The Morgan fingerprint density at radius 1 is 1.11 bits per heavy atom. The lowest BCUT2D eigenvalue weighted by Gasteiger charge is -2.29. The highest BCUT2D eigenvalue weighted by molar-refractivity contribution is 6.30. The van der Waals surface area contributed by atoms with Crippen molar-refractivity contribution in [1.29, 1.82) is 0 Å². The van der Waals surface area contributed by atoms with E-state index in [2.05, 4.69) is 15.5 Å². The van der Waals surface area contributed by atoms with Gasteiger partial charge in [0, 0.05) is 36.1 Å². The second-order valence-corrected chi connectivity index (χ2v) is 7.30. The molecule has 1 aromatic heterocycles. The average molecular weight is 397 g/mol. The van der Waals surface area contributed by atoms with Gasteiger partial charge in [-0.2, -0.15) is 0 Å². The standard InChI is InChI=1S/C21H21ClN4O2/c22-18-8-4-5-15(13-18)14-23-19(27)16-9-11-26(12-10-16)21-25-24-20(28-21)17-6-2-1-3-7-17/h1-8,13,16H,9-12,14H2,(H,23,27). The van der Waals surface area contributed by atoms with Crippen LogP contribution in [0, 0.1) is 5.92 Å². The van der Waals surface area contributed by atoms with Crippen LogP contribution in [0.5, 0.6) is 0 Å². The van der Waals surface area contributed by atoms with E-state index >= 15 is 0 Å². The third kappa shape index (κ3) is 4.34. The summed E-state index contributed by atoms with van der Waals surface area (Å²) in [5.41, 5.74) is 1.90. The summed E-state index contributed by atoms with van der Waals surface area (Å²) < 4.78 is 5.81. The van der Waals surface area contributed by atoms with Crippen LogP contribution in [0.1, 0.15) is 18.4 Å². The predicted molar refractivity (Wildman–Crippen MR) is 108 cm³/mol. The smallest absolute Gasteiger partial charge is 0.318 e. The Bertz CT molecular complexity index is 936. The van der Waals surface area contributed by atoms with Crippen molar-refractivity contribution in [3.63, 3.8) is 0 Å². The molecule has 1 aliphatic rings. The molecule has 0 unspecified atom stereocenters. The summed E-state index contributed by atoms with van der Waals surface area (Å²) in [5.74, 6) is 0.582. The van der Waals surface area contributed by atoms with Crippen molar-refractivity contribution in [2.45, 2.75) is 19.4 Å². The minimum Gasteiger partial charge on any atom is -0.403 e. The lowest BCUT2D eigenvalue weighted by molar-refractivity contribution is -0.125. The maximum atomic E-state index is 12.5. The zero-order chi connectivity index (χ0) is 19.3. The number of aromatic nitrogens is 2. The fourth-order valence-electron chi connectivity index (χ4n) is 3.35. The van der Waals surface area contributed by atoms with Gasteiger partial charge in [0.05, 0.1) is 0 Å². The molecule has 1 saturated heterocycles. The van der Waals surface area contributed by atoms with Crippen LogP contribution >= 0.6 is 11.6 Å². The van der Waals surface area contributed by atoms with Gasteiger partial charge in [-0.3, -0.25) is 4.79 Å². The molecule has 0 radical (unpaired) electrons. The highest BCUT2D eigenvalue weighted by Gasteiger charge is 2.27. The van der Waals surface area contributed by atoms with E-state index in [1.165, 1.54) is 0 Å². The number of amides is 1. The van der Waals surface area contributed by atoms with Gasteiger partial charge in [-0.05, 0) is 42.7 Å². The van der Waals surface area contributed by atoms with E-state index in [-0.39, 0.29) is 11.8 Å². The van der Waals surface area contributed by atoms with Crippen LogP contribution in [0.25, 0.3) is 11.5 Å². The Morgan fingerprint density at radius 2 is 1.89 bits per heavy atom. The molecule has 1 fully saturated rings. The first kappa shape index (κ1) is 18.5. The van der Waals surface area contributed by atoms with Crippen LogP contribution in [0.2, 0.25) is 5.02 Å². The fourth-order valence-corrected chi connectivity index (χ4v) is 3.57. The van der Waals surface area contributed by atoms with Crippen LogP contribution < -0.4 is 10.2 Å². The van der Waals surface area contributed by atoms with Crippen molar-refractivity contribution in [3.05, 3.63) is 65.2 Å². The van der Waals surface area contributed by atoms with Crippen LogP contribution in [-0.2, 0) is 11.3 Å². The van der Waals surface area contributed by atoms with Gasteiger partial charge in [-0.1, -0.05) is 47.0 Å². The third-order valence-corrected chi connectivity index (χ3v) is 5.16. The van der Waals surface area contributed by atoms with Crippen LogP contribution in [0.3, 0.4) is 0 Å². The van der Waals surface area contributed by atoms with Gasteiger partial charge in [0.25, 0.3) is 0 Å². The number of rotatable bonds is 5. The summed E-state index contributed by atoms with van der Waals surface area (Å²) in [6.45, 7) is 1.92. The molecule has 6 nitrogen and oxygen atoms in total. The quantitative estimate of drug-likeness (QED) is 0.707. The largest absolute Gasteiger partial charge is 0.403 e. The minimum atomic E-state index is -0.00745. The first-order valence-corrected chi connectivity index (χ1v) is 9.73. The van der Waals surface area contributed by atoms with E-state index < -0.39 is 0 Å². The minimum absolute atomic E-state index is 0.00745. The van der Waals surface area contributed by atoms with Gasteiger partial charge in [-0.15, -0.1) is 5.10 Å². The Morgan fingerprint density at radius 3 is 2.64 bits per heavy atom. The summed E-state index contributed by atoms with van der Waals surface area (Å²) >= 11 is 5.99. The van der Waals surface area contributed by atoms with E-state index in [1.807, 2.05) is 59.5 Å². The van der Waals surface area contributed by atoms with E-state index in [0.717, 1.165) is 24.0 Å². The topological polar surface area (TPSA) is 71.3 Å². The Labute approximate surface area is 168 Å². The summed E-state index contributed by atoms with van der Waals surface area (Å²) in [5, 5.41) is 12.0. The molecule has 0 saturated carbocycles. The number of hydrogen-bond acceptors (Lipinski definition) is 5. The molecule has 0 atom stereocenters. The predicted octanol–water partition coefficient (Wildman–Crippen LogP) is 3.92. The van der Waals surface area contributed by atoms with Crippen molar-refractivity contribution in [2.75, 3.05) is 18.0 Å². The summed E-state index contributed by atoms with van der Waals surface area (Å²) in [4.78, 5) is 14.5. The first-order chi connectivity index (χ1) is 13.7. The molecule has 1 aliphatic heterocycles. The molecule has 1 N–H and O–H groups in total. The number of carbonyl (C=O) groups excluding carboxylic acids is 1. The average Bonchev–Trinajstić information content (AvgIpc) is 3.23. The number of benzene rings is 2. The van der Waals surface area contributed by atoms with Crippen LogP contribution in [-0.4, -0.2) is 29.2 Å².